The molecule has 0 unspecified atom stereocenters. The Kier molecular flexibility index (Phi) is 2.50. The van der Waals surface area contributed by atoms with Crippen molar-refractivity contribution in [3.05, 3.63) is 33.6 Å². The molecule has 76 valence electrons. The Morgan fingerprint density at radius 1 is 1.43 bits per heavy atom. The molecule has 3 heteroatoms. The van der Waals surface area contributed by atoms with Crippen molar-refractivity contribution >= 4 is 11.6 Å². The number of hydrogen-bond donors (Lipinski definition) is 1. The van der Waals surface area contributed by atoms with Crippen molar-refractivity contribution in [2.75, 3.05) is 0 Å². The van der Waals surface area contributed by atoms with Gasteiger partial charge < -0.3 is 5.32 Å². The number of nitrogens with one attached hydrogen (secondary N) is 1. The zero-order valence-electron chi connectivity index (χ0n) is 8.32. The molecular formula is C11H13ClFN. The normalized spacial score (nSPS) is 14.9. The van der Waals surface area contributed by atoms with Crippen LogP contribution in [0.2, 0.25) is 5.02 Å². The first kappa shape index (κ1) is 9.94. The third-order valence-corrected chi connectivity index (χ3v) is 3.07. The summed E-state index contributed by atoms with van der Waals surface area (Å²) in [6.45, 7) is 5.40. The van der Waals surface area contributed by atoms with Gasteiger partial charge in [0.1, 0.15) is 5.82 Å². The molecule has 0 fully saturated rings. The van der Waals surface area contributed by atoms with Crippen molar-refractivity contribution in [3.63, 3.8) is 0 Å². The van der Waals surface area contributed by atoms with Gasteiger partial charge in [-0.05, 0) is 23.1 Å². The fourth-order valence-electron chi connectivity index (χ4n) is 1.93. The summed E-state index contributed by atoms with van der Waals surface area (Å²) in [6.07, 6.45) is 0. The van der Waals surface area contributed by atoms with Crippen LogP contribution in [-0.2, 0) is 13.1 Å². The van der Waals surface area contributed by atoms with Gasteiger partial charge in [-0.3, -0.25) is 0 Å². The van der Waals surface area contributed by atoms with Crippen molar-refractivity contribution in [3.8, 4) is 0 Å². The van der Waals surface area contributed by atoms with Gasteiger partial charge in [0, 0.05) is 18.7 Å². The maximum atomic E-state index is 13.6. The quantitative estimate of drug-likeness (QED) is 0.756. The van der Waals surface area contributed by atoms with E-state index in [4.69, 9.17) is 11.6 Å². The van der Waals surface area contributed by atoms with Crippen LogP contribution in [-0.4, -0.2) is 0 Å². The summed E-state index contributed by atoms with van der Waals surface area (Å²) in [6, 6.07) is 1.61. The van der Waals surface area contributed by atoms with Crippen LogP contribution in [0.4, 0.5) is 4.39 Å². The monoisotopic (exact) mass is 213 g/mol. The molecule has 1 N–H and O–H groups in total. The Balaban J connectivity index is 2.62. The molecule has 0 spiro atoms. The van der Waals surface area contributed by atoms with Crippen LogP contribution in [0.3, 0.4) is 0 Å². The lowest BCUT2D eigenvalue weighted by Crippen LogP contribution is -2.00. The van der Waals surface area contributed by atoms with Crippen LogP contribution in [0, 0.1) is 5.82 Å². The maximum Gasteiger partial charge on any atom is 0.128 e. The highest BCUT2D eigenvalue weighted by atomic mass is 35.5. The van der Waals surface area contributed by atoms with Crippen LogP contribution >= 0.6 is 11.6 Å². The summed E-state index contributed by atoms with van der Waals surface area (Å²) in [4.78, 5) is 0. The van der Waals surface area contributed by atoms with Gasteiger partial charge in [0.15, 0.2) is 0 Å². The molecule has 14 heavy (non-hydrogen) atoms. The molecule has 0 saturated heterocycles. The first-order chi connectivity index (χ1) is 6.61. The number of benzene rings is 1. The second kappa shape index (κ2) is 3.52. The van der Waals surface area contributed by atoms with E-state index in [0.717, 1.165) is 24.2 Å². The molecule has 1 aliphatic heterocycles. The average Bonchev–Trinajstić information content (AvgIpc) is 2.50. The first-order valence-corrected chi connectivity index (χ1v) is 5.19. The standard InChI is InChI=1S/C11H13ClFN/c1-6(2)10-9(13)3-7-4-14-5-8(7)11(10)12/h3,6,14H,4-5H2,1-2H3. The largest absolute Gasteiger partial charge is 0.309 e. The number of fused-ring (bicyclic) bond motifs is 1. The molecule has 0 amide bonds. The van der Waals surface area contributed by atoms with Crippen molar-refractivity contribution in [1.29, 1.82) is 0 Å². The Hall–Kier alpha value is -0.600. The van der Waals surface area contributed by atoms with Gasteiger partial charge in [0.2, 0.25) is 0 Å². The summed E-state index contributed by atoms with van der Waals surface area (Å²) in [5, 5.41) is 3.78. The third-order valence-electron chi connectivity index (χ3n) is 2.64. The molecule has 1 heterocycles. The molecule has 0 bridgehead atoms. The van der Waals surface area contributed by atoms with E-state index in [1.165, 1.54) is 0 Å². The number of halogens is 2. The number of rotatable bonds is 1. The van der Waals surface area contributed by atoms with Crippen LogP contribution in [0.15, 0.2) is 6.07 Å². The smallest absolute Gasteiger partial charge is 0.128 e. The van der Waals surface area contributed by atoms with Crippen LogP contribution in [0.25, 0.3) is 0 Å². The van der Waals surface area contributed by atoms with E-state index in [1.54, 1.807) is 6.07 Å². The SMILES string of the molecule is CC(C)c1c(F)cc2c(c1Cl)CNC2. The van der Waals surface area contributed by atoms with Gasteiger partial charge in [-0.2, -0.15) is 0 Å². The highest BCUT2D eigenvalue weighted by Gasteiger charge is 2.21. The molecule has 1 aromatic rings. The minimum Gasteiger partial charge on any atom is -0.309 e. The van der Waals surface area contributed by atoms with Crippen molar-refractivity contribution in [2.24, 2.45) is 0 Å². The van der Waals surface area contributed by atoms with E-state index < -0.39 is 0 Å². The minimum absolute atomic E-state index is 0.133. The molecule has 0 aliphatic carbocycles. The van der Waals surface area contributed by atoms with Crippen LogP contribution in [0.1, 0.15) is 36.5 Å². The predicted octanol–water partition coefficient (Wildman–Crippen LogP) is 3.21. The fraction of sp³-hybridized carbons (Fsp3) is 0.455. The second-order valence-corrected chi connectivity index (χ2v) is 4.36. The van der Waals surface area contributed by atoms with Gasteiger partial charge in [0.05, 0.1) is 5.02 Å². The molecular weight excluding hydrogens is 201 g/mol. The Morgan fingerprint density at radius 2 is 2.14 bits per heavy atom. The van der Waals surface area contributed by atoms with E-state index in [9.17, 15) is 4.39 Å². The molecule has 2 rings (SSSR count). The zero-order chi connectivity index (χ0) is 10.3. The van der Waals surface area contributed by atoms with Crippen LogP contribution < -0.4 is 5.32 Å². The molecule has 1 aliphatic rings. The number of hydrogen-bond acceptors (Lipinski definition) is 1. The summed E-state index contributed by atoms with van der Waals surface area (Å²) in [5.74, 6) is -0.0409. The summed E-state index contributed by atoms with van der Waals surface area (Å²) in [7, 11) is 0. The van der Waals surface area contributed by atoms with Gasteiger partial charge >= 0.3 is 0 Å². The van der Waals surface area contributed by atoms with E-state index in [2.05, 4.69) is 5.32 Å². The van der Waals surface area contributed by atoms with Crippen molar-refractivity contribution in [1.82, 2.24) is 5.32 Å². The molecule has 0 atom stereocenters. The van der Waals surface area contributed by atoms with Gasteiger partial charge in [-0.1, -0.05) is 25.4 Å². The topological polar surface area (TPSA) is 12.0 Å². The molecule has 0 saturated carbocycles. The first-order valence-electron chi connectivity index (χ1n) is 4.81. The predicted molar refractivity (Wildman–Crippen MR) is 56.0 cm³/mol. The van der Waals surface area contributed by atoms with Gasteiger partial charge in [-0.15, -0.1) is 0 Å². The summed E-state index contributed by atoms with van der Waals surface area (Å²) >= 11 is 6.17. The minimum atomic E-state index is -0.174. The lowest BCUT2D eigenvalue weighted by molar-refractivity contribution is 0.596. The third kappa shape index (κ3) is 1.43. The second-order valence-electron chi connectivity index (χ2n) is 3.98. The Labute approximate surface area is 88.3 Å². The maximum absolute atomic E-state index is 13.6. The summed E-state index contributed by atoms with van der Waals surface area (Å²) < 4.78 is 13.6. The highest BCUT2D eigenvalue weighted by molar-refractivity contribution is 6.32. The van der Waals surface area contributed by atoms with E-state index in [1.807, 2.05) is 13.8 Å². The fourth-order valence-corrected chi connectivity index (χ4v) is 2.42. The Bertz CT molecular complexity index is 374. The summed E-state index contributed by atoms with van der Waals surface area (Å²) in [5.41, 5.74) is 2.71. The average molecular weight is 214 g/mol. The zero-order valence-corrected chi connectivity index (χ0v) is 9.08. The Morgan fingerprint density at radius 3 is 2.79 bits per heavy atom. The van der Waals surface area contributed by atoms with Gasteiger partial charge in [0.25, 0.3) is 0 Å². The molecule has 1 aromatic carbocycles. The molecule has 1 nitrogen and oxygen atoms in total. The lowest BCUT2D eigenvalue weighted by Gasteiger charge is -2.13. The van der Waals surface area contributed by atoms with Gasteiger partial charge in [-0.25, -0.2) is 4.39 Å². The van der Waals surface area contributed by atoms with Crippen LogP contribution in [0.5, 0.6) is 0 Å². The van der Waals surface area contributed by atoms with Crippen molar-refractivity contribution in [2.45, 2.75) is 32.9 Å². The van der Waals surface area contributed by atoms with Crippen molar-refractivity contribution < 1.29 is 4.39 Å². The lowest BCUT2D eigenvalue weighted by atomic mass is 9.97. The van der Waals surface area contributed by atoms with E-state index in [0.29, 0.717) is 10.6 Å². The van der Waals surface area contributed by atoms with E-state index >= 15 is 0 Å². The highest BCUT2D eigenvalue weighted by Crippen LogP contribution is 2.34. The molecule has 0 radical (unpaired) electrons. The molecule has 0 aromatic heterocycles. The van der Waals surface area contributed by atoms with E-state index in [-0.39, 0.29) is 11.7 Å².